The average Bonchev–Trinajstić information content (AvgIpc) is 2.35. The van der Waals surface area contributed by atoms with E-state index in [1.54, 1.807) is 0 Å². The van der Waals surface area contributed by atoms with Crippen LogP contribution in [0.15, 0.2) is 0 Å². The third-order valence-electron chi connectivity index (χ3n) is 4.31. The van der Waals surface area contributed by atoms with E-state index < -0.39 is 0 Å². The fourth-order valence-corrected chi connectivity index (χ4v) is 3.03. The van der Waals surface area contributed by atoms with Crippen LogP contribution in [0.25, 0.3) is 0 Å². The predicted octanol–water partition coefficient (Wildman–Crippen LogP) is 4.51. The minimum Gasteiger partial charge on any atom is -0.381 e. The van der Waals surface area contributed by atoms with E-state index in [2.05, 4.69) is 6.92 Å². The summed E-state index contributed by atoms with van der Waals surface area (Å²) in [7, 11) is 1.82. The number of ketones is 1. The zero-order valence-electron chi connectivity index (χ0n) is 12.2. The van der Waals surface area contributed by atoms with Gasteiger partial charge in [0.1, 0.15) is 5.78 Å². The zero-order valence-corrected chi connectivity index (χ0v) is 12.2. The lowest BCUT2D eigenvalue weighted by atomic mass is 9.87. The van der Waals surface area contributed by atoms with Gasteiger partial charge in [-0.3, -0.25) is 4.79 Å². The van der Waals surface area contributed by atoms with Crippen molar-refractivity contribution < 1.29 is 9.53 Å². The quantitative estimate of drug-likeness (QED) is 0.625. The summed E-state index contributed by atoms with van der Waals surface area (Å²) in [6.45, 7) is 2.19. The Hall–Kier alpha value is -0.370. The van der Waals surface area contributed by atoms with E-state index in [0.29, 0.717) is 11.9 Å². The van der Waals surface area contributed by atoms with Crippen molar-refractivity contribution >= 4 is 5.78 Å². The molecule has 1 unspecified atom stereocenters. The second-order valence-electron chi connectivity index (χ2n) is 5.74. The van der Waals surface area contributed by atoms with Gasteiger partial charge in [-0.15, -0.1) is 0 Å². The van der Waals surface area contributed by atoms with Gasteiger partial charge >= 0.3 is 0 Å². The van der Waals surface area contributed by atoms with Crippen LogP contribution in [-0.2, 0) is 9.53 Å². The normalized spacial score (nSPS) is 20.4. The largest absolute Gasteiger partial charge is 0.381 e. The topological polar surface area (TPSA) is 26.3 Å². The maximum absolute atomic E-state index is 11.3. The van der Waals surface area contributed by atoms with Gasteiger partial charge in [-0.2, -0.15) is 0 Å². The van der Waals surface area contributed by atoms with Crippen molar-refractivity contribution in [3.8, 4) is 0 Å². The number of hydrogen-bond acceptors (Lipinski definition) is 2. The Bertz CT molecular complexity index is 209. The van der Waals surface area contributed by atoms with Crippen LogP contribution in [0, 0.1) is 5.92 Å². The van der Waals surface area contributed by atoms with Crippen molar-refractivity contribution in [3.63, 3.8) is 0 Å². The van der Waals surface area contributed by atoms with Gasteiger partial charge in [0.15, 0.2) is 0 Å². The maximum Gasteiger partial charge on any atom is 0.132 e. The molecule has 1 fully saturated rings. The van der Waals surface area contributed by atoms with E-state index in [9.17, 15) is 4.79 Å². The van der Waals surface area contributed by atoms with Crippen LogP contribution in [0.5, 0.6) is 0 Å². The Kier molecular flexibility index (Phi) is 8.32. The molecule has 0 aromatic carbocycles. The first-order valence-corrected chi connectivity index (χ1v) is 7.80. The van der Waals surface area contributed by atoms with Gasteiger partial charge in [0.2, 0.25) is 0 Å². The first-order valence-electron chi connectivity index (χ1n) is 7.80. The number of carbonyl (C=O) groups is 1. The Balaban J connectivity index is 2.09. The standard InChI is InChI=1S/C16H30O2/c1-3-16(18-2)13-5-4-8-14-9-6-11-15(17)12-7-10-14/h14,16H,3-13H2,1-2H3. The van der Waals surface area contributed by atoms with E-state index in [1.165, 1.54) is 38.5 Å². The van der Waals surface area contributed by atoms with Crippen molar-refractivity contribution in [2.75, 3.05) is 7.11 Å². The molecule has 0 aliphatic heterocycles. The molecule has 0 heterocycles. The van der Waals surface area contributed by atoms with Crippen molar-refractivity contribution in [1.29, 1.82) is 0 Å². The molecule has 1 aliphatic rings. The smallest absolute Gasteiger partial charge is 0.132 e. The molecule has 106 valence electrons. The third-order valence-corrected chi connectivity index (χ3v) is 4.31. The summed E-state index contributed by atoms with van der Waals surface area (Å²) in [5, 5.41) is 0. The molecular weight excluding hydrogens is 224 g/mol. The molecule has 0 aromatic heterocycles. The molecule has 1 aliphatic carbocycles. The molecule has 0 amide bonds. The molecule has 0 radical (unpaired) electrons. The molecule has 0 spiro atoms. The number of Topliss-reactive ketones (excluding diaryl/α,β-unsaturated/α-hetero) is 1. The summed E-state index contributed by atoms with van der Waals surface area (Å²) in [4.78, 5) is 11.3. The summed E-state index contributed by atoms with van der Waals surface area (Å²) in [6, 6.07) is 0. The maximum atomic E-state index is 11.3. The van der Waals surface area contributed by atoms with Crippen LogP contribution in [0.3, 0.4) is 0 Å². The highest BCUT2D eigenvalue weighted by molar-refractivity contribution is 5.78. The van der Waals surface area contributed by atoms with Crippen molar-refractivity contribution in [3.05, 3.63) is 0 Å². The molecule has 1 rings (SSSR count). The minimum absolute atomic E-state index is 0.458. The van der Waals surface area contributed by atoms with E-state index in [-0.39, 0.29) is 0 Å². The molecule has 0 N–H and O–H groups in total. The summed E-state index contributed by atoms with van der Waals surface area (Å²) < 4.78 is 5.40. The first-order chi connectivity index (χ1) is 8.76. The molecule has 2 nitrogen and oxygen atoms in total. The zero-order chi connectivity index (χ0) is 13.2. The number of unbranched alkanes of at least 4 members (excludes halogenated alkanes) is 1. The fourth-order valence-electron chi connectivity index (χ4n) is 3.03. The summed E-state index contributed by atoms with van der Waals surface area (Å²) in [5.74, 6) is 1.36. The molecule has 1 atom stereocenters. The van der Waals surface area contributed by atoms with Crippen molar-refractivity contribution in [2.24, 2.45) is 5.92 Å². The van der Waals surface area contributed by atoms with Gasteiger partial charge in [-0.25, -0.2) is 0 Å². The van der Waals surface area contributed by atoms with E-state index in [4.69, 9.17) is 4.74 Å². The van der Waals surface area contributed by atoms with Gasteiger partial charge in [-0.05, 0) is 31.6 Å². The van der Waals surface area contributed by atoms with Crippen LogP contribution in [-0.4, -0.2) is 19.0 Å². The van der Waals surface area contributed by atoms with Crippen LogP contribution in [0.4, 0.5) is 0 Å². The van der Waals surface area contributed by atoms with Gasteiger partial charge in [-0.1, -0.05) is 39.0 Å². The Morgan fingerprint density at radius 3 is 2.44 bits per heavy atom. The highest BCUT2D eigenvalue weighted by Gasteiger charge is 2.14. The van der Waals surface area contributed by atoms with Crippen molar-refractivity contribution in [2.45, 2.75) is 83.7 Å². The number of ether oxygens (including phenoxy) is 1. The SMILES string of the molecule is CCC(CCCCC1CCCC(=O)CCC1)OC. The highest BCUT2D eigenvalue weighted by atomic mass is 16.5. The molecular formula is C16H30O2. The number of rotatable bonds is 7. The lowest BCUT2D eigenvalue weighted by Crippen LogP contribution is -2.10. The van der Waals surface area contributed by atoms with Gasteiger partial charge < -0.3 is 4.74 Å². The Labute approximate surface area is 112 Å². The number of hydrogen-bond donors (Lipinski definition) is 0. The van der Waals surface area contributed by atoms with Gasteiger partial charge in [0.25, 0.3) is 0 Å². The van der Waals surface area contributed by atoms with Crippen LogP contribution in [0.2, 0.25) is 0 Å². The van der Waals surface area contributed by atoms with E-state index >= 15 is 0 Å². The van der Waals surface area contributed by atoms with E-state index in [1.807, 2.05) is 7.11 Å². The molecule has 2 heteroatoms. The lowest BCUT2D eigenvalue weighted by Gasteiger charge is -2.19. The molecule has 0 saturated heterocycles. The minimum atomic E-state index is 0.458. The Morgan fingerprint density at radius 1 is 1.22 bits per heavy atom. The number of methoxy groups -OCH3 is 1. The van der Waals surface area contributed by atoms with Crippen LogP contribution >= 0.6 is 0 Å². The monoisotopic (exact) mass is 254 g/mol. The van der Waals surface area contributed by atoms with E-state index in [0.717, 1.165) is 38.0 Å². The van der Waals surface area contributed by atoms with Crippen molar-refractivity contribution in [1.82, 2.24) is 0 Å². The molecule has 0 aromatic rings. The lowest BCUT2D eigenvalue weighted by molar-refractivity contribution is -0.119. The van der Waals surface area contributed by atoms with Crippen LogP contribution in [0.1, 0.15) is 77.6 Å². The molecule has 1 saturated carbocycles. The molecule has 0 bridgehead atoms. The first kappa shape index (κ1) is 15.7. The third kappa shape index (κ3) is 6.53. The summed E-state index contributed by atoms with van der Waals surface area (Å²) >= 11 is 0. The summed E-state index contributed by atoms with van der Waals surface area (Å²) in [5.41, 5.74) is 0. The second kappa shape index (κ2) is 9.55. The fraction of sp³-hybridized carbons (Fsp3) is 0.938. The Morgan fingerprint density at radius 2 is 1.89 bits per heavy atom. The van der Waals surface area contributed by atoms with Crippen LogP contribution < -0.4 is 0 Å². The average molecular weight is 254 g/mol. The van der Waals surface area contributed by atoms with Gasteiger partial charge in [0.05, 0.1) is 6.10 Å². The summed E-state index contributed by atoms with van der Waals surface area (Å²) in [6.07, 6.45) is 13.2. The number of carbonyl (C=O) groups excluding carboxylic acids is 1. The van der Waals surface area contributed by atoms with Gasteiger partial charge in [0, 0.05) is 20.0 Å². The highest BCUT2D eigenvalue weighted by Crippen LogP contribution is 2.25. The second-order valence-corrected chi connectivity index (χ2v) is 5.74. The molecule has 18 heavy (non-hydrogen) atoms. The predicted molar refractivity (Wildman–Crippen MR) is 75.8 cm³/mol.